The fraction of sp³-hybridized carbons (Fsp3) is 0.556. The number of hydrogen-bond acceptors (Lipinski definition) is 3. The summed E-state index contributed by atoms with van der Waals surface area (Å²) in [6.07, 6.45) is 3.24. The molecule has 1 spiro atoms. The molecular weight excluding hydrogens is 292 g/mol. The Morgan fingerprint density at radius 2 is 2.09 bits per heavy atom. The molecule has 2 fully saturated rings. The Hall–Kier alpha value is -1.88. The van der Waals surface area contributed by atoms with Gasteiger partial charge in [0.05, 0.1) is 12.0 Å². The van der Waals surface area contributed by atoms with Gasteiger partial charge in [-0.25, -0.2) is 0 Å². The first kappa shape index (κ1) is 14.7. The smallest absolute Gasteiger partial charge is 0.239 e. The van der Waals surface area contributed by atoms with Crippen LogP contribution in [-0.4, -0.2) is 48.1 Å². The molecule has 122 valence electrons. The number of carbonyl (C=O) groups is 2. The Labute approximate surface area is 135 Å². The number of anilines is 1. The third kappa shape index (κ3) is 2.26. The zero-order valence-corrected chi connectivity index (χ0v) is 13.2. The van der Waals surface area contributed by atoms with Crippen LogP contribution in [0.5, 0.6) is 0 Å². The van der Waals surface area contributed by atoms with Gasteiger partial charge in [0.15, 0.2) is 0 Å². The van der Waals surface area contributed by atoms with E-state index in [0.717, 1.165) is 17.8 Å². The lowest BCUT2D eigenvalue weighted by Crippen LogP contribution is -2.44. The molecule has 1 saturated heterocycles. The summed E-state index contributed by atoms with van der Waals surface area (Å²) in [6.45, 7) is 1.71. The summed E-state index contributed by atoms with van der Waals surface area (Å²) in [5.74, 6) is 0.732. The van der Waals surface area contributed by atoms with Crippen molar-refractivity contribution in [1.82, 2.24) is 4.90 Å². The van der Waals surface area contributed by atoms with Crippen molar-refractivity contribution in [2.24, 2.45) is 5.92 Å². The Morgan fingerprint density at radius 3 is 2.83 bits per heavy atom. The predicted molar refractivity (Wildman–Crippen MR) is 86.1 cm³/mol. The standard InChI is InChI=1S/C18H22N2O3/c21-10-7-16(22)19-9-8-18(12-19)14-3-1-2-4-15(14)20(17(18)23)11-13-5-6-13/h1-4,13,21H,5-12H2. The molecule has 1 unspecified atom stereocenters. The highest BCUT2D eigenvalue weighted by molar-refractivity contribution is 6.09. The molecule has 1 aliphatic carbocycles. The van der Waals surface area contributed by atoms with Gasteiger partial charge in [-0.15, -0.1) is 0 Å². The summed E-state index contributed by atoms with van der Waals surface area (Å²) in [6, 6.07) is 8.03. The minimum atomic E-state index is -0.573. The number of amides is 2. The van der Waals surface area contributed by atoms with Crippen molar-refractivity contribution in [1.29, 1.82) is 0 Å². The van der Waals surface area contributed by atoms with Gasteiger partial charge in [0, 0.05) is 31.7 Å². The van der Waals surface area contributed by atoms with Crippen LogP contribution in [0, 0.1) is 5.92 Å². The van der Waals surface area contributed by atoms with E-state index in [0.29, 0.717) is 25.4 Å². The molecule has 4 rings (SSSR count). The zero-order chi connectivity index (χ0) is 16.0. The van der Waals surface area contributed by atoms with Gasteiger partial charge in [-0.05, 0) is 36.8 Å². The Bertz CT molecular complexity index is 655. The molecule has 2 aliphatic heterocycles. The first-order valence-corrected chi connectivity index (χ1v) is 8.46. The van der Waals surface area contributed by atoms with Gasteiger partial charge in [-0.3, -0.25) is 9.59 Å². The number of rotatable bonds is 4. The molecule has 0 bridgehead atoms. The van der Waals surface area contributed by atoms with E-state index in [1.54, 1.807) is 4.90 Å². The van der Waals surface area contributed by atoms with Crippen LogP contribution in [0.3, 0.4) is 0 Å². The van der Waals surface area contributed by atoms with Crippen molar-refractivity contribution < 1.29 is 14.7 Å². The molecule has 5 heteroatoms. The molecule has 2 amide bonds. The molecule has 2 heterocycles. The number of nitrogens with zero attached hydrogens (tertiary/aromatic N) is 2. The van der Waals surface area contributed by atoms with Gasteiger partial charge < -0.3 is 14.9 Å². The van der Waals surface area contributed by atoms with E-state index in [4.69, 9.17) is 5.11 Å². The minimum Gasteiger partial charge on any atom is -0.396 e. The number of hydrogen-bond donors (Lipinski definition) is 1. The second-order valence-corrected chi connectivity index (χ2v) is 7.00. The molecular formula is C18H22N2O3. The van der Waals surface area contributed by atoms with Crippen LogP contribution in [0.1, 0.15) is 31.2 Å². The summed E-state index contributed by atoms with van der Waals surface area (Å²) in [5, 5.41) is 8.99. The zero-order valence-electron chi connectivity index (χ0n) is 13.2. The van der Waals surface area contributed by atoms with Crippen LogP contribution in [-0.2, 0) is 15.0 Å². The van der Waals surface area contributed by atoms with Crippen molar-refractivity contribution in [3.63, 3.8) is 0 Å². The second kappa shape index (κ2) is 5.34. The Balaban J connectivity index is 1.66. The van der Waals surface area contributed by atoms with Crippen LogP contribution in [0.4, 0.5) is 5.69 Å². The second-order valence-electron chi connectivity index (χ2n) is 7.00. The first-order chi connectivity index (χ1) is 11.2. The summed E-state index contributed by atoms with van der Waals surface area (Å²) < 4.78 is 0. The number of benzene rings is 1. The molecule has 1 aromatic rings. The van der Waals surface area contributed by atoms with Crippen LogP contribution in [0.15, 0.2) is 24.3 Å². The summed E-state index contributed by atoms with van der Waals surface area (Å²) in [5.41, 5.74) is 1.53. The van der Waals surface area contributed by atoms with E-state index < -0.39 is 5.41 Å². The summed E-state index contributed by atoms with van der Waals surface area (Å²) >= 11 is 0. The largest absolute Gasteiger partial charge is 0.396 e. The molecule has 1 atom stereocenters. The Morgan fingerprint density at radius 1 is 1.30 bits per heavy atom. The van der Waals surface area contributed by atoms with Crippen LogP contribution in [0.25, 0.3) is 0 Å². The molecule has 1 N–H and O–H groups in total. The average molecular weight is 314 g/mol. The normalized spacial score (nSPS) is 26.2. The van der Waals surface area contributed by atoms with Crippen molar-refractivity contribution in [2.75, 3.05) is 31.1 Å². The van der Waals surface area contributed by atoms with E-state index in [9.17, 15) is 9.59 Å². The van der Waals surface area contributed by atoms with E-state index in [1.807, 2.05) is 29.2 Å². The molecule has 0 radical (unpaired) electrons. The van der Waals surface area contributed by atoms with Crippen molar-refractivity contribution >= 4 is 17.5 Å². The van der Waals surface area contributed by atoms with E-state index in [1.165, 1.54) is 12.8 Å². The van der Waals surface area contributed by atoms with Crippen LogP contribution in [0.2, 0.25) is 0 Å². The molecule has 0 aromatic heterocycles. The number of fused-ring (bicyclic) bond motifs is 2. The van der Waals surface area contributed by atoms with Crippen molar-refractivity contribution in [2.45, 2.75) is 31.1 Å². The topological polar surface area (TPSA) is 60.9 Å². The van der Waals surface area contributed by atoms with Crippen molar-refractivity contribution in [3.05, 3.63) is 29.8 Å². The maximum absolute atomic E-state index is 13.2. The van der Waals surface area contributed by atoms with E-state index in [2.05, 4.69) is 0 Å². The molecule has 1 aromatic carbocycles. The van der Waals surface area contributed by atoms with E-state index in [-0.39, 0.29) is 24.8 Å². The summed E-state index contributed by atoms with van der Waals surface area (Å²) in [7, 11) is 0. The van der Waals surface area contributed by atoms with Crippen LogP contribution < -0.4 is 4.90 Å². The monoisotopic (exact) mass is 314 g/mol. The number of para-hydroxylation sites is 1. The lowest BCUT2D eigenvalue weighted by atomic mass is 9.81. The molecule has 1 saturated carbocycles. The number of carbonyl (C=O) groups excluding carboxylic acids is 2. The van der Waals surface area contributed by atoms with Gasteiger partial charge in [0.1, 0.15) is 0 Å². The first-order valence-electron chi connectivity index (χ1n) is 8.46. The highest BCUT2D eigenvalue weighted by Crippen LogP contribution is 2.48. The van der Waals surface area contributed by atoms with Crippen molar-refractivity contribution in [3.8, 4) is 0 Å². The highest BCUT2D eigenvalue weighted by Gasteiger charge is 2.55. The average Bonchev–Trinajstić information content (AvgIpc) is 3.22. The minimum absolute atomic E-state index is 0.0599. The van der Waals surface area contributed by atoms with Gasteiger partial charge in [0.2, 0.25) is 11.8 Å². The summed E-state index contributed by atoms with van der Waals surface area (Å²) in [4.78, 5) is 29.0. The third-order valence-electron chi connectivity index (χ3n) is 5.45. The number of likely N-dealkylation sites (tertiary alicyclic amines) is 1. The molecule has 5 nitrogen and oxygen atoms in total. The SMILES string of the molecule is O=C(CCO)N1CCC2(C1)C(=O)N(CC1CC1)c1ccccc12. The lowest BCUT2D eigenvalue weighted by Gasteiger charge is -2.24. The lowest BCUT2D eigenvalue weighted by molar-refractivity contribution is -0.131. The number of aliphatic hydroxyl groups excluding tert-OH is 1. The van der Waals surface area contributed by atoms with Gasteiger partial charge in [0.25, 0.3) is 0 Å². The van der Waals surface area contributed by atoms with Gasteiger partial charge >= 0.3 is 0 Å². The molecule has 23 heavy (non-hydrogen) atoms. The van der Waals surface area contributed by atoms with Crippen LogP contribution >= 0.6 is 0 Å². The molecule has 3 aliphatic rings. The van der Waals surface area contributed by atoms with E-state index >= 15 is 0 Å². The Kier molecular flexibility index (Phi) is 3.41. The maximum Gasteiger partial charge on any atom is 0.239 e. The van der Waals surface area contributed by atoms with Gasteiger partial charge in [-0.1, -0.05) is 18.2 Å². The maximum atomic E-state index is 13.2. The third-order valence-corrected chi connectivity index (χ3v) is 5.45. The number of aliphatic hydroxyl groups is 1. The van der Waals surface area contributed by atoms with Gasteiger partial charge in [-0.2, -0.15) is 0 Å². The predicted octanol–water partition coefficient (Wildman–Crippen LogP) is 1.30. The fourth-order valence-corrected chi connectivity index (χ4v) is 4.01. The highest BCUT2D eigenvalue weighted by atomic mass is 16.3. The quantitative estimate of drug-likeness (QED) is 0.911. The fourth-order valence-electron chi connectivity index (χ4n) is 4.01.